The van der Waals surface area contributed by atoms with Gasteiger partial charge in [-0.15, -0.1) is 0 Å². The van der Waals surface area contributed by atoms with Gasteiger partial charge in [-0.25, -0.2) is 10.9 Å². The SMILES string of the molecule is CCOc1ccc(C2NNC3C(=O)N(c4ccc(Br)cc4)C(c4ccc(OC)cc4OC)C32)cc1. The number of fused-ring (bicyclic) bond motifs is 1. The van der Waals surface area contributed by atoms with Crippen molar-refractivity contribution in [2.75, 3.05) is 25.7 Å². The van der Waals surface area contributed by atoms with E-state index in [2.05, 4.69) is 38.9 Å². The van der Waals surface area contributed by atoms with Crippen LogP contribution in [0.2, 0.25) is 0 Å². The number of carbonyl (C=O) groups is 1. The summed E-state index contributed by atoms with van der Waals surface area (Å²) >= 11 is 3.50. The number of hydrogen-bond acceptors (Lipinski definition) is 6. The van der Waals surface area contributed by atoms with Crippen LogP contribution in [0.25, 0.3) is 0 Å². The normalized spacial score (nSPS) is 23.3. The van der Waals surface area contributed by atoms with Gasteiger partial charge in [-0.05, 0) is 61.0 Å². The van der Waals surface area contributed by atoms with Crippen molar-refractivity contribution in [1.82, 2.24) is 10.9 Å². The number of rotatable bonds is 7. The first-order valence-corrected chi connectivity index (χ1v) is 12.4. The number of hydrogen-bond donors (Lipinski definition) is 2. The molecular formula is C27H28BrN3O4. The second kappa shape index (κ2) is 9.89. The summed E-state index contributed by atoms with van der Waals surface area (Å²) in [7, 11) is 3.27. The Morgan fingerprint density at radius 3 is 2.23 bits per heavy atom. The molecule has 2 saturated heterocycles. The summed E-state index contributed by atoms with van der Waals surface area (Å²) in [6.45, 7) is 2.58. The number of nitrogens with zero attached hydrogens (tertiary/aromatic N) is 1. The van der Waals surface area contributed by atoms with Crippen LogP contribution in [0.5, 0.6) is 17.2 Å². The van der Waals surface area contributed by atoms with Gasteiger partial charge in [0.15, 0.2) is 0 Å². The van der Waals surface area contributed by atoms with Gasteiger partial charge in [0.2, 0.25) is 5.91 Å². The molecule has 5 rings (SSSR count). The van der Waals surface area contributed by atoms with E-state index in [4.69, 9.17) is 14.2 Å². The van der Waals surface area contributed by atoms with Crippen LogP contribution < -0.4 is 30.0 Å². The molecule has 4 unspecified atom stereocenters. The summed E-state index contributed by atoms with van der Waals surface area (Å²) in [4.78, 5) is 15.7. The Balaban J connectivity index is 1.62. The number of halogens is 1. The van der Waals surface area contributed by atoms with Gasteiger partial charge in [0.25, 0.3) is 0 Å². The quantitative estimate of drug-likeness (QED) is 0.451. The lowest BCUT2D eigenvalue weighted by atomic mass is 9.83. The molecule has 8 heteroatoms. The van der Waals surface area contributed by atoms with Gasteiger partial charge in [0.1, 0.15) is 23.3 Å². The maximum Gasteiger partial charge on any atom is 0.246 e. The summed E-state index contributed by atoms with van der Waals surface area (Å²) in [5.74, 6) is 2.13. The molecule has 0 spiro atoms. The molecular weight excluding hydrogens is 510 g/mol. The van der Waals surface area contributed by atoms with E-state index in [9.17, 15) is 4.79 Å². The third kappa shape index (κ3) is 4.26. The average molecular weight is 538 g/mol. The minimum absolute atomic E-state index is 0.0149. The first kappa shape index (κ1) is 23.7. The van der Waals surface area contributed by atoms with Crippen LogP contribution in [0.1, 0.15) is 30.1 Å². The van der Waals surface area contributed by atoms with Crippen molar-refractivity contribution in [2.24, 2.45) is 5.92 Å². The highest BCUT2D eigenvalue weighted by Crippen LogP contribution is 2.51. The fourth-order valence-corrected chi connectivity index (χ4v) is 5.42. The Kier molecular flexibility index (Phi) is 6.69. The number of benzene rings is 3. The highest BCUT2D eigenvalue weighted by molar-refractivity contribution is 9.10. The van der Waals surface area contributed by atoms with E-state index in [0.29, 0.717) is 18.1 Å². The minimum atomic E-state index is -0.396. The van der Waals surface area contributed by atoms with Gasteiger partial charge in [0, 0.05) is 27.7 Å². The Morgan fingerprint density at radius 2 is 1.57 bits per heavy atom. The lowest BCUT2D eigenvalue weighted by Crippen LogP contribution is -2.41. The smallest absolute Gasteiger partial charge is 0.246 e. The topological polar surface area (TPSA) is 72.1 Å². The van der Waals surface area contributed by atoms with E-state index in [1.165, 1.54) is 0 Å². The molecule has 35 heavy (non-hydrogen) atoms. The molecule has 0 aliphatic carbocycles. The van der Waals surface area contributed by atoms with Gasteiger partial charge < -0.3 is 19.1 Å². The zero-order valence-corrected chi connectivity index (χ0v) is 21.4. The largest absolute Gasteiger partial charge is 0.497 e. The van der Waals surface area contributed by atoms with Gasteiger partial charge in [-0.2, -0.15) is 0 Å². The number of hydrazine groups is 1. The molecule has 0 saturated carbocycles. The summed E-state index contributed by atoms with van der Waals surface area (Å²) in [5, 5.41) is 0. The highest BCUT2D eigenvalue weighted by Gasteiger charge is 2.56. The average Bonchev–Trinajstić information content (AvgIpc) is 3.44. The number of methoxy groups -OCH3 is 2. The Labute approximate surface area is 213 Å². The first-order valence-electron chi connectivity index (χ1n) is 11.6. The summed E-state index contributed by atoms with van der Waals surface area (Å²) in [6.07, 6.45) is 0. The first-order chi connectivity index (χ1) is 17.0. The Hall–Kier alpha value is -3.07. The second-order valence-electron chi connectivity index (χ2n) is 8.56. The fraction of sp³-hybridized carbons (Fsp3) is 0.296. The lowest BCUT2D eigenvalue weighted by molar-refractivity contribution is -0.119. The third-order valence-electron chi connectivity index (χ3n) is 6.72. The van der Waals surface area contributed by atoms with E-state index in [-0.39, 0.29) is 23.9 Å². The molecule has 2 heterocycles. The zero-order chi connectivity index (χ0) is 24.5. The molecule has 3 aromatic rings. The van der Waals surface area contributed by atoms with Crippen LogP contribution in [0.4, 0.5) is 5.69 Å². The predicted molar refractivity (Wildman–Crippen MR) is 138 cm³/mol. The maximum atomic E-state index is 13.8. The molecule has 2 N–H and O–H groups in total. The molecule has 0 aromatic heterocycles. The van der Waals surface area contributed by atoms with Crippen molar-refractivity contribution in [3.8, 4) is 17.2 Å². The van der Waals surface area contributed by atoms with Crippen LogP contribution in [-0.2, 0) is 4.79 Å². The molecule has 2 aliphatic rings. The number of ether oxygens (including phenoxy) is 3. The van der Waals surface area contributed by atoms with Crippen LogP contribution in [0, 0.1) is 5.92 Å². The summed E-state index contributed by atoms with van der Waals surface area (Å²) < 4.78 is 17.8. The van der Waals surface area contributed by atoms with Crippen molar-refractivity contribution in [3.63, 3.8) is 0 Å². The van der Waals surface area contributed by atoms with Crippen LogP contribution in [0.3, 0.4) is 0 Å². The Morgan fingerprint density at radius 1 is 0.886 bits per heavy atom. The van der Waals surface area contributed by atoms with Crippen LogP contribution in [-0.4, -0.2) is 32.8 Å². The number of nitrogens with one attached hydrogen (secondary N) is 2. The van der Waals surface area contributed by atoms with Crippen molar-refractivity contribution in [3.05, 3.63) is 82.3 Å². The standard InChI is InChI=1S/C27H28BrN3O4/c1-4-35-19-11-5-16(6-12-19)24-23-25(30-29-24)27(32)31(18-9-7-17(28)8-10-18)26(23)21-14-13-20(33-2)15-22(21)34-3/h5-15,23-26,29-30H,4H2,1-3H3. The molecule has 3 aromatic carbocycles. The number of carbonyl (C=O) groups excluding carboxylic acids is 1. The van der Waals surface area contributed by atoms with Crippen LogP contribution in [0.15, 0.2) is 71.2 Å². The highest BCUT2D eigenvalue weighted by atomic mass is 79.9. The number of anilines is 1. The van der Waals surface area contributed by atoms with Crippen molar-refractivity contribution in [2.45, 2.75) is 25.0 Å². The summed E-state index contributed by atoms with van der Waals surface area (Å²) in [6, 6.07) is 20.9. The van der Waals surface area contributed by atoms with Gasteiger partial charge in [-0.3, -0.25) is 4.79 Å². The lowest BCUT2D eigenvalue weighted by Gasteiger charge is -2.32. The molecule has 0 bridgehead atoms. The van der Waals surface area contributed by atoms with Gasteiger partial charge in [0.05, 0.1) is 32.9 Å². The van der Waals surface area contributed by atoms with Crippen LogP contribution >= 0.6 is 15.9 Å². The maximum absolute atomic E-state index is 13.8. The van der Waals surface area contributed by atoms with E-state index < -0.39 is 6.04 Å². The molecule has 2 aliphatic heterocycles. The monoisotopic (exact) mass is 537 g/mol. The van der Waals surface area contributed by atoms with Crippen molar-refractivity contribution < 1.29 is 19.0 Å². The van der Waals surface area contributed by atoms with Gasteiger partial charge in [-0.1, -0.05) is 28.1 Å². The molecule has 1 amide bonds. The third-order valence-corrected chi connectivity index (χ3v) is 7.25. The van der Waals surface area contributed by atoms with Gasteiger partial charge >= 0.3 is 0 Å². The fourth-order valence-electron chi connectivity index (χ4n) is 5.16. The van der Waals surface area contributed by atoms with E-state index in [0.717, 1.165) is 27.0 Å². The van der Waals surface area contributed by atoms with Crippen molar-refractivity contribution >= 4 is 27.5 Å². The van der Waals surface area contributed by atoms with E-state index in [1.54, 1.807) is 14.2 Å². The predicted octanol–water partition coefficient (Wildman–Crippen LogP) is 4.79. The number of amides is 1. The Bertz CT molecular complexity index is 1200. The zero-order valence-electron chi connectivity index (χ0n) is 19.8. The minimum Gasteiger partial charge on any atom is -0.497 e. The molecule has 7 nitrogen and oxygen atoms in total. The molecule has 2 fully saturated rings. The molecule has 182 valence electrons. The van der Waals surface area contributed by atoms with E-state index in [1.807, 2.05) is 66.4 Å². The summed E-state index contributed by atoms with van der Waals surface area (Å²) in [5.41, 5.74) is 9.51. The molecule has 0 radical (unpaired) electrons. The second-order valence-corrected chi connectivity index (χ2v) is 9.48. The molecule has 4 atom stereocenters. The van der Waals surface area contributed by atoms with E-state index >= 15 is 0 Å². The van der Waals surface area contributed by atoms with Crippen molar-refractivity contribution in [1.29, 1.82) is 0 Å².